The molecule has 1 aliphatic rings. The monoisotopic (exact) mass is 286 g/mol. The molecule has 1 unspecified atom stereocenters. The van der Waals surface area contributed by atoms with Crippen molar-refractivity contribution < 1.29 is 4.79 Å². The van der Waals surface area contributed by atoms with Crippen molar-refractivity contribution in [2.24, 2.45) is 0 Å². The van der Waals surface area contributed by atoms with Crippen molar-refractivity contribution in [3.8, 4) is 6.07 Å². The summed E-state index contributed by atoms with van der Waals surface area (Å²) >= 11 is 0. The molecule has 0 aliphatic carbocycles. The smallest absolute Gasteiger partial charge is 0.254 e. The van der Waals surface area contributed by atoms with Gasteiger partial charge >= 0.3 is 0 Å². The predicted molar refractivity (Wildman–Crippen MR) is 83.3 cm³/mol. The molecule has 0 aromatic heterocycles. The highest BCUT2D eigenvalue weighted by Crippen LogP contribution is 2.16. The summed E-state index contributed by atoms with van der Waals surface area (Å²) < 4.78 is 0. The van der Waals surface area contributed by atoms with Gasteiger partial charge in [-0.05, 0) is 25.1 Å². The second-order valence-electron chi connectivity index (χ2n) is 5.58. The van der Waals surface area contributed by atoms with Gasteiger partial charge in [0.15, 0.2) is 0 Å². The number of hydrogen-bond acceptors (Lipinski definition) is 4. The normalized spacial score (nSPS) is 17.1. The molecular weight excluding hydrogens is 264 g/mol. The fraction of sp³-hybridized carbons (Fsp3) is 0.500. The fourth-order valence-electron chi connectivity index (χ4n) is 2.49. The first-order chi connectivity index (χ1) is 10.0. The van der Waals surface area contributed by atoms with Gasteiger partial charge < -0.3 is 9.80 Å². The average molecular weight is 286 g/mol. The van der Waals surface area contributed by atoms with E-state index in [2.05, 4.69) is 11.0 Å². The van der Waals surface area contributed by atoms with Crippen LogP contribution in [0.25, 0.3) is 0 Å². The minimum atomic E-state index is -0.0840. The molecule has 1 aromatic rings. The quantitative estimate of drug-likeness (QED) is 0.843. The fourth-order valence-corrected chi connectivity index (χ4v) is 2.49. The maximum Gasteiger partial charge on any atom is 0.254 e. The molecule has 5 heteroatoms. The summed E-state index contributed by atoms with van der Waals surface area (Å²) in [6.45, 7) is 4.77. The van der Waals surface area contributed by atoms with Crippen molar-refractivity contribution in [2.75, 3.05) is 45.2 Å². The van der Waals surface area contributed by atoms with Crippen LogP contribution in [0.15, 0.2) is 24.3 Å². The minimum Gasteiger partial charge on any atom is -0.378 e. The Labute approximate surface area is 126 Å². The summed E-state index contributed by atoms with van der Waals surface area (Å²) in [5, 5.41) is 8.95. The van der Waals surface area contributed by atoms with Crippen LogP contribution in [0.5, 0.6) is 0 Å². The molecule has 0 spiro atoms. The molecule has 2 rings (SSSR count). The van der Waals surface area contributed by atoms with E-state index in [0.717, 1.165) is 24.3 Å². The summed E-state index contributed by atoms with van der Waals surface area (Å²) in [5.41, 5.74) is 1.75. The van der Waals surface area contributed by atoms with Gasteiger partial charge in [-0.25, -0.2) is 0 Å². The van der Waals surface area contributed by atoms with Gasteiger partial charge in [-0.2, -0.15) is 5.26 Å². The summed E-state index contributed by atoms with van der Waals surface area (Å²) in [4.78, 5) is 18.5. The number of hydrogen-bond donors (Lipinski definition) is 0. The predicted octanol–water partition coefficient (Wildman–Crippen LogP) is 1.42. The maximum atomic E-state index is 12.5. The van der Waals surface area contributed by atoms with Crippen LogP contribution < -0.4 is 4.90 Å². The first-order valence-electron chi connectivity index (χ1n) is 7.23. The molecule has 0 N–H and O–H groups in total. The number of carbonyl (C=O) groups is 1. The number of anilines is 1. The number of rotatable bonds is 3. The van der Waals surface area contributed by atoms with E-state index < -0.39 is 0 Å². The van der Waals surface area contributed by atoms with E-state index in [-0.39, 0.29) is 11.9 Å². The van der Waals surface area contributed by atoms with Gasteiger partial charge in [-0.3, -0.25) is 9.69 Å². The number of benzene rings is 1. The molecule has 1 amide bonds. The lowest BCUT2D eigenvalue weighted by atomic mass is 10.1. The van der Waals surface area contributed by atoms with Crippen molar-refractivity contribution in [1.82, 2.24) is 9.80 Å². The highest BCUT2D eigenvalue weighted by Gasteiger charge is 2.24. The van der Waals surface area contributed by atoms with Gasteiger partial charge in [0.1, 0.15) is 0 Å². The first kappa shape index (κ1) is 15.3. The highest BCUT2D eigenvalue weighted by atomic mass is 16.2. The van der Waals surface area contributed by atoms with Crippen LogP contribution in [0.3, 0.4) is 0 Å². The summed E-state index contributed by atoms with van der Waals surface area (Å²) in [6, 6.07) is 9.85. The number of carbonyl (C=O) groups excluding carboxylic acids is 1. The molecule has 1 fully saturated rings. The Bertz CT molecular complexity index is 541. The third kappa shape index (κ3) is 3.53. The van der Waals surface area contributed by atoms with E-state index in [9.17, 15) is 4.79 Å². The number of amides is 1. The van der Waals surface area contributed by atoms with Crippen LogP contribution in [-0.4, -0.2) is 62.0 Å². The zero-order chi connectivity index (χ0) is 15.4. The first-order valence-corrected chi connectivity index (χ1v) is 7.23. The van der Waals surface area contributed by atoms with E-state index in [4.69, 9.17) is 5.26 Å². The standard InChI is InChI=1S/C16H22N4O/c1-13(12-17)19-7-9-20(10-8-19)16(21)14-5-4-6-15(11-14)18(2)3/h4-6,11,13H,7-10H2,1-3H3. The molecule has 5 nitrogen and oxygen atoms in total. The minimum absolute atomic E-state index is 0.0722. The molecule has 112 valence electrons. The SMILES string of the molecule is CC(C#N)N1CCN(C(=O)c2cccc(N(C)C)c2)CC1. The van der Waals surface area contributed by atoms with Crippen LogP contribution >= 0.6 is 0 Å². The van der Waals surface area contributed by atoms with Gasteiger partial charge in [-0.1, -0.05) is 6.07 Å². The number of nitrogens with zero attached hydrogens (tertiary/aromatic N) is 4. The molecule has 1 aliphatic heterocycles. The van der Waals surface area contributed by atoms with E-state index in [1.165, 1.54) is 0 Å². The lowest BCUT2D eigenvalue weighted by molar-refractivity contribution is 0.0615. The van der Waals surface area contributed by atoms with E-state index in [0.29, 0.717) is 13.1 Å². The molecule has 1 aromatic carbocycles. The average Bonchev–Trinajstić information content (AvgIpc) is 2.53. The summed E-state index contributed by atoms with van der Waals surface area (Å²) in [7, 11) is 3.93. The van der Waals surface area contributed by atoms with Crippen LogP contribution in [0.1, 0.15) is 17.3 Å². The van der Waals surface area contributed by atoms with Gasteiger partial charge in [0.2, 0.25) is 0 Å². The zero-order valence-corrected chi connectivity index (χ0v) is 12.9. The van der Waals surface area contributed by atoms with E-state index in [1.54, 1.807) is 0 Å². The Morgan fingerprint density at radius 1 is 1.29 bits per heavy atom. The van der Waals surface area contributed by atoms with Crippen molar-refractivity contribution in [3.63, 3.8) is 0 Å². The van der Waals surface area contributed by atoms with Crippen LogP contribution in [0, 0.1) is 11.3 Å². The largest absolute Gasteiger partial charge is 0.378 e. The third-order valence-corrected chi connectivity index (χ3v) is 3.95. The van der Waals surface area contributed by atoms with Crippen molar-refractivity contribution in [3.05, 3.63) is 29.8 Å². The van der Waals surface area contributed by atoms with E-state index >= 15 is 0 Å². The third-order valence-electron chi connectivity index (χ3n) is 3.95. The van der Waals surface area contributed by atoms with Crippen molar-refractivity contribution in [2.45, 2.75) is 13.0 Å². The highest BCUT2D eigenvalue weighted by molar-refractivity contribution is 5.95. The second kappa shape index (κ2) is 6.59. The van der Waals surface area contributed by atoms with Gasteiger partial charge in [0.05, 0.1) is 12.1 Å². The maximum absolute atomic E-state index is 12.5. The molecule has 1 atom stereocenters. The Kier molecular flexibility index (Phi) is 4.81. The van der Waals surface area contributed by atoms with Crippen molar-refractivity contribution >= 4 is 11.6 Å². The summed E-state index contributed by atoms with van der Waals surface area (Å²) in [5.74, 6) is 0.0722. The van der Waals surface area contributed by atoms with Gasteiger partial charge in [-0.15, -0.1) is 0 Å². The molecular formula is C16H22N4O. The Hall–Kier alpha value is -2.06. The molecule has 0 radical (unpaired) electrons. The lowest BCUT2D eigenvalue weighted by Crippen LogP contribution is -2.51. The van der Waals surface area contributed by atoms with Crippen LogP contribution in [0.2, 0.25) is 0 Å². The number of nitriles is 1. The Balaban J connectivity index is 2.02. The lowest BCUT2D eigenvalue weighted by Gasteiger charge is -2.36. The van der Waals surface area contributed by atoms with Crippen LogP contribution in [0.4, 0.5) is 5.69 Å². The molecule has 1 heterocycles. The summed E-state index contributed by atoms with van der Waals surface area (Å²) in [6.07, 6.45) is 0. The Morgan fingerprint density at radius 2 is 1.95 bits per heavy atom. The van der Waals surface area contributed by atoms with E-state index in [1.807, 2.05) is 55.1 Å². The molecule has 0 saturated carbocycles. The molecule has 0 bridgehead atoms. The zero-order valence-electron chi connectivity index (χ0n) is 12.9. The van der Waals surface area contributed by atoms with Crippen molar-refractivity contribution in [1.29, 1.82) is 5.26 Å². The number of piperazine rings is 1. The van der Waals surface area contributed by atoms with Crippen LogP contribution in [-0.2, 0) is 0 Å². The van der Waals surface area contributed by atoms with Gasteiger partial charge in [0, 0.05) is 51.5 Å². The Morgan fingerprint density at radius 3 is 2.52 bits per heavy atom. The second-order valence-corrected chi connectivity index (χ2v) is 5.58. The molecule has 1 saturated heterocycles. The molecule has 21 heavy (non-hydrogen) atoms. The van der Waals surface area contributed by atoms with Gasteiger partial charge in [0.25, 0.3) is 5.91 Å². The topological polar surface area (TPSA) is 50.6 Å².